The minimum absolute atomic E-state index is 0.126. The highest BCUT2D eigenvalue weighted by Crippen LogP contribution is 2.33. The number of carbonyl (C=O) groups excluding carboxylic acids is 1. The molecular formula is C19H20F3N3O. The summed E-state index contributed by atoms with van der Waals surface area (Å²) < 4.78 is 37.9. The molecule has 3 rings (SSSR count). The predicted molar refractivity (Wildman–Crippen MR) is 92.7 cm³/mol. The van der Waals surface area contributed by atoms with E-state index in [0.717, 1.165) is 42.7 Å². The van der Waals surface area contributed by atoms with Crippen molar-refractivity contribution in [3.8, 4) is 0 Å². The number of amides is 2. The number of piperidine rings is 1. The molecule has 2 heterocycles. The fourth-order valence-corrected chi connectivity index (χ4v) is 3.24. The molecule has 0 radical (unpaired) electrons. The Kier molecular flexibility index (Phi) is 5.15. The second kappa shape index (κ2) is 7.35. The smallest absolute Gasteiger partial charge is 0.316 e. The molecule has 26 heavy (non-hydrogen) atoms. The molecular weight excluding hydrogens is 343 g/mol. The average molecular weight is 363 g/mol. The summed E-state index contributed by atoms with van der Waals surface area (Å²) >= 11 is 0. The number of aromatic nitrogens is 1. The third-order valence-corrected chi connectivity index (χ3v) is 4.59. The van der Waals surface area contributed by atoms with Gasteiger partial charge in [-0.3, -0.25) is 4.98 Å². The Balaban J connectivity index is 1.76. The van der Waals surface area contributed by atoms with E-state index in [0.29, 0.717) is 12.2 Å². The molecule has 4 nitrogen and oxygen atoms in total. The molecule has 7 heteroatoms. The Labute approximate surface area is 150 Å². The number of hydrogen-bond acceptors (Lipinski definition) is 2. The van der Waals surface area contributed by atoms with Gasteiger partial charge in [-0.05, 0) is 62.1 Å². The van der Waals surface area contributed by atoms with Gasteiger partial charge in [-0.25, -0.2) is 4.79 Å². The number of rotatable bonds is 2. The average Bonchev–Trinajstić information content (AvgIpc) is 2.62. The van der Waals surface area contributed by atoms with Crippen LogP contribution in [-0.2, 0) is 6.18 Å². The number of nitrogens with zero attached hydrogens (tertiary/aromatic N) is 2. The Bertz CT molecular complexity index is 774. The molecule has 1 N–H and O–H groups in total. The highest BCUT2D eigenvalue weighted by Gasteiger charge is 2.31. The van der Waals surface area contributed by atoms with Crippen LogP contribution >= 0.6 is 0 Å². The van der Waals surface area contributed by atoms with Gasteiger partial charge in [0.15, 0.2) is 0 Å². The number of aryl methyl sites for hydroxylation is 1. The highest BCUT2D eigenvalue weighted by molar-refractivity contribution is 5.89. The third kappa shape index (κ3) is 3.98. The van der Waals surface area contributed by atoms with E-state index in [9.17, 15) is 18.0 Å². The molecule has 0 saturated carbocycles. The van der Waals surface area contributed by atoms with Crippen molar-refractivity contribution in [1.82, 2.24) is 9.88 Å². The number of anilines is 1. The van der Waals surface area contributed by atoms with Crippen molar-refractivity contribution in [2.45, 2.75) is 38.4 Å². The Morgan fingerprint density at radius 3 is 2.58 bits per heavy atom. The van der Waals surface area contributed by atoms with Gasteiger partial charge in [0.05, 0.1) is 17.3 Å². The van der Waals surface area contributed by atoms with Crippen molar-refractivity contribution in [2.75, 3.05) is 11.9 Å². The zero-order valence-electron chi connectivity index (χ0n) is 14.4. The van der Waals surface area contributed by atoms with Crippen LogP contribution in [-0.4, -0.2) is 22.5 Å². The quantitative estimate of drug-likeness (QED) is 0.800. The van der Waals surface area contributed by atoms with Gasteiger partial charge in [-0.2, -0.15) is 13.2 Å². The SMILES string of the molecule is Cc1cccnc1C1CCCCN1C(=O)Nc1ccc(C(F)(F)F)cc1. The first-order valence-corrected chi connectivity index (χ1v) is 8.52. The fraction of sp³-hybridized carbons (Fsp3) is 0.368. The number of carbonyl (C=O) groups is 1. The van der Waals surface area contributed by atoms with E-state index < -0.39 is 11.7 Å². The van der Waals surface area contributed by atoms with Gasteiger partial charge < -0.3 is 10.2 Å². The van der Waals surface area contributed by atoms with Crippen LogP contribution in [0.2, 0.25) is 0 Å². The normalized spacial score (nSPS) is 17.8. The van der Waals surface area contributed by atoms with E-state index in [1.165, 1.54) is 12.1 Å². The minimum atomic E-state index is -4.39. The maximum atomic E-state index is 12.7. The first-order chi connectivity index (χ1) is 12.4. The van der Waals surface area contributed by atoms with Crippen LogP contribution in [0.4, 0.5) is 23.7 Å². The van der Waals surface area contributed by atoms with Gasteiger partial charge in [0.1, 0.15) is 0 Å². The van der Waals surface area contributed by atoms with Crippen molar-refractivity contribution in [1.29, 1.82) is 0 Å². The van der Waals surface area contributed by atoms with Crippen LogP contribution in [0.25, 0.3) is 0 Å². The van der Waals surface area contributed by atoms with Crippen molar-refractivity contribution in [2.24, 2.45) is 0 Å². The molecule has 2 aromatic rings. The molecule has 1 aromatic heterocycles. The van der Waals surface area contributed by atoms with Crippen LogP contribution in [0.5, 0.6) is 0 Å². The Morgan fingerprint density at radius 2 is 1.92 bits per heavy atom. The monoisotopic (exact) mass is 363 g/mol. The molecule has 1 aliphatic heterocycles. The summed E-state index contributed by atoms with van der Waals surface area (Å²) in [6.45, 7) is 2.55. The molecule has 2 amide bonds. The highest BCUT2D eigenvalue weighted by atomic mass is 19.4. The van der Waals surface area contributed by atoms with Crippen molar-refractivity contribution >= 4 is 11.7 Å². The molecule has 1 aromatic carbocycles. The molecule has 1 unspecified atom stereocenters. The van der Waals surface area contributed by atoms with Gasteiger partial charge in [-0.1, -0.05) is 6.07 Å². The molecule has 1 atom stereocenters. The minimum Gasteiger partial charge on any atom is -0.316 e. The number of likely N-dealkylation sites (tertiary alicyclic amines) is 1. The maximum Gasteiger partial charge on any atom is 0.416 e. The van der Waals surface area contributed by atoms with Crippen LogP contribution in [0, 0.1) is 6.92 Å². The molecule has 1 fully saturated rings. The van der Waals surface area contributed by atoms with E-state index in [2.05, 4.69) is 10.3 Å². The van der Waals surface area contributed by atoms with Gasteiger partial charge in [0.2, 0.25) is 0 Å². The second-order valence-electron chi connectivity index (χ2n) is 6.42. The number of hydrogen-bond donors (Lipinski definition) is 1. The number of pyridine rings is 1. The standard InChI is InChI=1S/C19H20F3N3O/c1-13-5-4-11-23-17(13)16-6-2-3-12-25(16)18(26)24-15-9-7-14(8-10-15)19(20,21)22/h4-5,7-11,16H,2-3,6,12H2,1H3,(H,24,26). The molecule has 1 aliphatic rings. The molecule has 0 bridgehead atoms. The summed E-state index contributed by atoms with van der Waals surface area (Å²) in [5.41, 5.74) is 1.49. The lowest BCUT2D eigenvalue weighted by atomic mass is 9.97. The third-order valence-electron chi connectivity index (χ3n) is 4.59. The van der Waals surface area contributed by atoms with E-state index >= 15 is 0 Å². The van der Waals surface area contributed by atoms with Gasteiger partial charge in [0, 0.05) is 18.4 Å². The van der Waals surface area contributed by atoms with E-state index in [1.807, 2.05) is 19.1 Å². The molecule has 138 valence electrons. The maximum absolute atomic E-state index is 12.7. The van der Waals surface area contributed by atoms with Gasteiger partial charge in [-0.15, -0.1) is 0 Å². The zero-order valence-corrected chi connectivity index (χ0v) is 14.4. The number of halogens is 3. The van der Waals surface area contributed by atoms with Crippen LogP contribution in [0.1, 0.15) is 42.1 Å². The zero-order chi connectivity index (χ0) is 18.7. The predicted octanol–water partition coefficient (Wildman–Crippen LogP) is 5.17. The van der Waals surface area contributed by atoms with E-state index in [-0.39, 0.29) is 12.1 Å². The summed E-state index contributed by atoms with van der Waals surface area (Å²) in [5, 5.41) is 2.70. The first-order valence-electron chi connectivity index (χ1n) is 8.52. The summed E-state index contributed by atoms with van der Waals surface area (Å²) in [6.07, 6.45) is 0.0335. The van der Waals surface area contributed by atoms with Crippen LogP contribution in [0.3, 0.4) is 0 Å². The van der Waals surface area contributed by atoms with Gasteiger partial charge in [0.25, 0.3) is 0 Å². The van der Waals surface area contributed by atoms with Crippen molar-refractivity contribution in [3.63, 3.8) is 0 Å². The van der Waals surface area contributed by atoms with Crippen LogP contribution < -0.4 is 5.32 Å². The number of nitrogens with one attached hydrogen (secondary N) is 1. The lowest BCUT2D eigenvalue weighted by Gasteiger charge is -2.36. The molecule has 1 saturated heterocycles. The van der Waals surface area contributed by atoms with Crippen molar-refractivity contribution in [3.05, 3.63) is 59.4 Å². The lowest BCUT2D eigenvalue weighted by molar-refractivity contribution is -0.137. The number of alkyl halides is 3. The summed E-state index contributed by atoms with van der Waals surface area (Å²) in [6, 6.07) is 7.84. The first kappa shape index (κ1) is 18.2. The van der Waals surface area contributed by atoms with E-state index in [4.69, 9.17) is 0 Å². The fourth-order valence-electron chi connectivity index (χ4n) is 3.24. The number of benzene rings is 1. The second-order valence-corrected chi connectivity index (χ2v) is 6.42. The van der Waals surface area contributed by atoms with Gasteiger partial charge >= 0.3 is 12.2 Å². The topological polar surface area (TPSA) is 45.2 Å². The number of urea groups is 1. The Morgan fingerprint density at radius 1 is 1.19 bits per heavy atom. The Hall–Kier alpha value is -2.57. The molecule has 0 aliphatic carbocycles. The summed E-state index contributed by atoms with van der Waals surface area (Å²) in [7, 11) is 0. The molecule has 0 spiro atoms. The van der Waals surface area contributed by atoms with Crippen molar-refractivity contribution < 1.29 is 18.0 Å². The van der Waals surface area contributed by atoms with E-state index in [1.54, 1.807) is 11.1 Å². The largest absolute Gasteiger partial charge is 0.416 e. The summed E-state index contributed by atoms with van der Waals surface area (Å²) in [4.78, 5) is 18.9. The lowest BCUT2D eigenvalue weighted by Crippen LogP contribution is -2.41. The summed E-state index contributed by atoms with van der Waals surface area (Å²) in [5.74, 6) is 0. The van der Waals surface area contributed by atoms with Crippen LogP contribution in [0.15, 0.2) is 42.6 Å².